The Labute approximate surface area is 117 Å². The van der Waals surface area contributed by atoms with E-state index in [2.05, 4.69) is 12.2 Å². The molecule has 0 saturated heterocycles. The van der Waals surface area contributed by atoms with Crippen molar-refractivity contribution in [3.05, 3.63) is 0 Å². The molecule has 0 aromatic heterocycles. The Morgan fingerprint density at radius 1 is 1.21 bits per heavy atom. The third-order valence-electron chi connectivity index (χ3n) is 3.28. The van der Waals surface area contributed by atoms with Crippen LogP contribution in [0.1, 0.15) is 58.8 Å². The van der Waals surface area contributed by atoms with E-state index < -0.39 is 0 Å². The van der Waals surface area contributed by atoms with Crippen molar-refractivity contribution >= 4 is 5.97 Å². The number of carbonyl (C=O) groups excluding carboxylic acids is 1. The number of hydrogen-bond acceptors (Lipinski definition) is 4. The van der Waals surface area contributed by atoms with Gasteiger partial charge in [0, 0.05) is 19.3 Å². The number of unbranched alkanes of at least 4 members (excludes halogenated alkanes) is 3. The van der Waals surface area contributed by atoms with Crippen LogP contribution in [0.2, 0.25) is 0 Å². The van der Waals surface area contributed by atoms with E-state index in [9.17, 15) is 4.79 Å². The molecule has 1 fully saturated rings. The van der Waals surface area contributed by atoms with Gasteiger partial charge in [-0.25, -0.2) is 0 Å². The van der Waals surface area contributed by atoms with Crippen LogP contribution in [0.15, 0.2) is 0 Å². The minimum atomic E-state index is -0.192. The topological polar surface area (TPSA) is 47.6 Å². The molecule has 112 valence electrons. The summed E-state index contributed by atoms with van der Waals surface area (Å²) < 4.78 is 10.7. The van der Waals surface area contributed by atoms with Crippen molar-refractivity contribution in [3.8, 4) is 0 Å². The van der Waals surface area contributed by atoms with Crippen LogP contribution < -0.4 is 5.32 Å². The second kappa shape index (κ2) is 10.2. The first kappa shape index (κ1) is 16.4. The molecule has 0 aromatic carbocycles. The number of carbonyl (C=O) groups is 1. The van der Waals surface area contributed by atoms with Crippen LogP contribution >= 0.6 is 0 Å². The molecule has 4 heteroatoms. The zero-order valence-electron chi connectivity index (χ0n) is 12.5. The van der Waals surface area contributed by atoms with Gasteiger partial charge >= 0.3 is 5.97 Å². The standard InChI is InChI=1S/C15H29NO3/c1-3-5-6-7-11-18-12-10-14(15(17)19-4-2)16-13-8-9-13/h13-14,16H,3-12H2,1-2H3. The second-order valence-corrected chi connectivity index (χ2v) is 5.21. The third kappa shape index (κ3) is 8.22. The highest BCUT2D eigenvalue weighted by Crippen LogP contribution is 2.20. The van der Waals surface area contributed by atoms with Crippen molar-refractivity contribution in [3.63, 3.8) is 0 Å². The third-order valence-corrected chi connectivity index (χ3v) is 3.28. The van der Waals surface area contributed by atoms with Crippen molar-refractivity contribution in [2.75, 3.05) is 19.8 Å². The Hall–Kier alpha value is -0.610. The highest BCUT2D eigenvalue weighted by molar-refractivity contribution is 5.75. The molecular formula is C15H29NO3. The summed E-state index contributed by atoms with van der Waals surface area (Å²) in [6.07, 6.45) is 7.94. The molecule has 0 amide bonds. The van der Waals surface area contributed by atoms with Crippen molar-refractivity contribution in [2.45, 2.75) is 70.9 Å². The molecule has 1 atom stereocenters. The van der Waals surface area contributed by atoms with Crippen molar-refractivity contribution in [1.29, 1.82) is 0 Å². The van der Waals surface area contributed by atoms with E-state index in [1.807, 2.05) is 6.92 Å². The summed E-state index contributed by atoms with van der Waals surface area (Å²) >= 11 is 0. The average Bonchev–Trinajstić information content (AvgIpc) is 3.20. The van der Waals surface area contributed by atoms with Gasteiger partial charge in [0.2, 0.25) is 0 Å². The molecule has 0 bridgehead atoms. The molecule has 0 aliphatic heterocycles. The van der Waals surface area contributed by atoms with Crippen LogP contribution in [-0.2, 0) is 14.3 Å². The number of rotatable bonds is 12. The van der Waals surface area contributed by atoms with Crippen molar-refractivity contribution in [1.82, 2.24) is 5.32 Å². The van der Waals surface area contributed by atoms with Gasteiger partial charge in [0.1, 0.15) is 6.04 Å². The molecular weight excluding hydrogens is 242 g/mol. The Morgan fingerprint density at radius 2 is 2.00 bits per heavy atom. The first-order chi connectivity index (χ1) is 9.27. The smallest absolute Gasteiger partial charge is 0.323 e. The number of esters is 1. The second-order valence-electron chi connectivity index (χ2n) is 5.21. The molecule has 4 nitrogen and oxygen atoms in total. The first-order valence-corrected chi connectivity index (χ1v) is 7.78. The Kier molecular flexibility index (Phi) is 8.84. The van der Waals surface area contributed by atoms with E-state index in [1.165, 1.54) is 32.1 Å². The lowest BCUT2D eigenvalue weighted by Crippen LogP contribution is -2.40. The fraction of sp³-hybridized carbons (Fsp3) is 0.933. The number of hydrogen-bond donors (Lipinski definition) is 1. The van der Waals surface area contributed by atoms with Gasteiger partial charge in [-0.3, -0.25) is 4.79 Å². The van der Waals surface area contributed by atoms with E-state index in [0.29, 0.717) is 25.7 Å². The highest BCUT2D eigenvalue weighted by atomic mass is 16.5. The van der Waals surface area contributed by atoms with E-state index >= 15 is 0 Å². The van der Waals surface area contributed by atoms with Gasteiger partial charge in [-0.2, -0.15) is 0 Å². The van der Waals surface area contributed by atoms with Gasteiger partial charge in [-0.05, 0) is 32.6 Å². The zero-order chi connectivity index (χ0) is 13.9. The lowest BCUT2D eigenvalue weighted by atomic mass is 10.2. The van der Waals surface area contributed by atoms with Crippen LogP contribution in [0.3, 0.4) is 0 Å². The number of nitrogens with one attached hydrogen (secondary N) is 1. The molecule has 1 unspecified atom stereocenters. The Bertz CT molecular complexity index is 242. The van der Waals surface area contributed by atoms with Crippen LogP contribution in [0, 0.1) is 0 Å². The molecule has 1 rings (SSSR count). The summed E-state index contributed by atoms with van der Waals surface area (Å²) in [5.41, 5.74) is 0. The van der Waals surface area contributed by atoms with Gasteiger partial charge in [-0.15, -0.1) is 0 Å². The van der Waals surface area contributed by atoms with Crippen molar-refractivity contribution < 1.29 is 14.3 Å². The molecule has 1 aliphatic rings. The molecule has 19 heavy (non-hydrogen) atoms. The van der Waals surface area contributed by atoms with Crippen molar-refractivity contribution in [2.24, 2.45) is 0 Å². The van der Waals surface area contributed by atoms with Gasteiger partial charge in [0.15, 0.2) is 0 Å². The first-order valence-electron chi connectivity index (χ1n) is 7.78. The summed E-state index contributed by atoms with van der Waals surface area (Å²) in [4.78, 5) is 11.8. The SMILES string of the molecule is CCCCCCOCCC(NC1CC1)C(=O)OCC. The largest absolute Gasteiger partial charge is 0.465 e. The molecule has 0 heterocycles. The monoisotopic (exact) mass is 271 g/mol. The Balaban J connectivity index is 2.08. The maximum absolute atomic E-state index is 11.8. The summed E-state index contributed by atoms with van der Waals surface area (Å²) in [7, 11) is 0. The van der Waals surface area contributed by atoms with E-state index in [1.54, 1.807) is 0 Å². The van der Waals surface area contributed by atoms with E-state index in [4.69, 9.17) is 9.47 Å². The average molecular weight is 271 g/mol. The molecule has 1 N–H and O–H groups in total. The normalized spacial score (nSPS) is 16.3. The summed E-state index contributed by atoms with van der Waals surface area (Å²) in [5, 5.41) is 3.33. The molecule has 0 radical (unpaired) electrons. The molecule has 1 saturated carbocycles. The predicted molar refractivity (Wildman–Crippen MR) is 76.2 cm³/mol. The molecule has 0 aromatic rings. The summed E-state index contributed by atoms with van der Waals surface area (Å²) in [6.45, 7) is 5.93. The molecule has 1 aliphatic carbocycles. The minimum Gasteiger partial charge on any atom is -0.465 e. The fourth-order valence-electron chi connectivity index (χ4n) is 1.98. The minimum absolute atomic E-state index is 0.135. The summed E-state index contributed by atoms with van der Waals surface area (Å²) in [5.74, 6) is -0.135. The predicted octanol–water partition coefficient (Wildman–Crippen LogP) is 2.66. The zero-order valence-corrected chi connectivity index (χ0v) is 12.5. The van der Waals surface area contributed by atoms with Gasteiger partial charge in [-0.1, -0.05) is 26.2 Å². The lowest BCUT2D eigenvalue weighted by molar-refractivity contribution is -0.146. The van der Waals surface area contributed by atoms with E-state index in [-0.39, 0.29) is 12.0 Å². The summed E-state index contributed by atoms with van der Waals surface area (Å²) in [6, 6.07) is 0.321. The van der Waals surface area contributed by atoms with Gasteiger partial charge in [0.05, 0.1) is 6.61 Å². The number of ether oxygens (including phenoxy) is 2. The lowest BCUT2D eigenvalue weighted by Gasteiger charge is -2.16. The quantitative estimate of drug-likeness (QED) is 0.438. The van der Waals surface area contributed by atoms with Gasteiger partial charge in [0.25, 0.3) is 0 Å². The van der Waals surface area contributed by atoms with Gasteiger partial charge < -0.3 is 14.8 Å². The Morgan fingerprint density at radius 3 is 2.63 bits per heavy atom. The fourth-order valence-corrected chi connectivity index (χ4v) is 1.98. The van der Waals surface area contributed by atoms with E-state index in [0.717, 1.165) is 13.0 Å². The highest BCUT2D eigenvalue weighted by Gasteiger charge is 2.28. The van der Waals surface area contributed by atoms with Crippen LogP contribution in [-0.4, -0.2) is 37.9 Å². The van der Waals surface area contributed by atoms with Crippen LogP contribution in [0.4, 0.5) is 0 Å². The maximum atomic E-state index is 11.8. The molecule has 0 spiro atoms. The van der Waals surface area contributed by atoms with Crippen LogP contribution in [0.5, 0.6) is 0 Å². The van der Waals surface area contributed by atoms with Crippen LogP contribution in [0.25, 0.3) is 0 Å². The maximum Gasteiger partial charge on any atom is 0.323 e.